The van der Waals surface area contributed by atoms with Crippen molar-refractivity contribution >= 4 is 34.7 Å². The largest absolute Gasteiger partial charge is 0.507 e. The van der Waals surface area contributed by atoms with Crippen LogP contribution in [0, 0.1) is 29.1 Å². The molecule has 5 N–H and O–H groups in total. The molecule has 0 radical (unpaired) electrons. The third-order valence-corrected chi connectivity index (χ3v) is 9.50. The molecule has 11 heteroatoms. The highest BCUT2D eigenvalue weighted by Gasteiger charge is 2.69. The van der Waals surface area contributed by atoms with Crippen LogP contribution >= 0.6 is 0 Å². The zero-order chi connectivity index (χ0) is 30.9. The second kappa shape index (κ2) is 10.3. The van der Waals surface area contributed by atoms with Gasteiger partial charge in [0.15, 0.2) is 34.7 Å². The molecule has 0 saturated heterocycles. The fourth-order valence-corrected chi connectivity index (χ4v) is 6.81. The van der Waals surface area contributed by atoms with Crippen LogP contribution in [0.15, 0.2) is 6.07 Å². The molecule has 2 saturated carbocycles. The number of carbonyl (C=O) groups is 5. The van der Waals surface area contributed by atoms with Gasteiger partial charge in [-0.3, -0.25) is 28.9 Å². The van der Waals surface area contributed by atoms with Crippen molar-refractivity contribution in [3.63, 3.8) is 0 Å². The van der Waals surface area contributed by atoms with Crippen molar-refractivity contribution in [1.82, 2.24) is 10.2 Å². The topological polar surface area (TPSA) is 170 Å². The molecule has 0 bridgehead atoms. The Morgan fingerprint density at radius 2 is 1.76 bits per heavy atom. The van der Waals surface area contributed by atoms with Gasteiger partial charge in [0.2, 0.25) is 5.91 Å². The molecule has 41 heavy (non-hydrogen) atoms. The first-order valence-corrected chi connectivity index (χ1v) is 14.0. The van der Waals surface area contributed by atoms with E-state index in [9.17, 15) is 34.2 Å². The molecule has 1 aromatic carbocycles. The minimum absolute atomic E-state index is 0.00278. The lowest BCUT2D eigenvalue weighted by molar-refractivity contribution is -0.181. The number of carbonyl (C=O) groups excluding carboxylic acids is 5. The Kier molecular flexibility index (Phi) is 7.73. The summed E-state index contributed by atoms with van der Waals surface area (Å²) in [5.41, 5.74) is 4.37. The van der Waals surface area contributed by atoms with E-state index in [-0.39, 0.29) is 42.2 Å². The van der Waals surface area contributed by atoms with Gasteiger partial charge in [-0.1, -0.05) is 20.8 Å². The number of nitrogens with zero attached hydrogens (tertiary/aromatic N) is 2. The Hall–Kier alpha value is -3.15. The van der Waals surface area contributed by atoms with Crippen LogP contribution in [0.5, 0.6) is 5.75 Å². The van der Waals surface area contributed by atoms with E-state index in [1.807, 2.05) is 32.0 Å². The molecule has 4 rings (SSSR count). The smallest absolute Gasteiger partial charge is 0.235 e. The predicted molar refractivity (Wildman–Crippen MR) is 151 cm³/mol. The molecule has 0 aliphatic heterocycles. The number of Topliss-reactive ketones (excluding diaryl/α,β-unsaturated/α-hetero) is 4. The summed E-state index contributed by atoms with van der Waals surface area (Å²) in [6.07, 6.45) is 0.239. The van der Waals surface area contributed by atoms with Crippen molar-refractivity contribution in [2.24, 2.45) is 34.8 Å². The first-order valence-electron chi connectivity index (χ1n) is 14.0. The zero-order valence-corrected chi connectivity index (χ0v) is 25.1. The van der Waals surface area contributed by atoms with Crippen LogP contribution in [-0.2, 0) is 32.1 Å². The SMILES string of the molecule is CC(NCc1cc(N(C)C)c2c(c1O)C(=O)C1C(=O)[C@@]3(O)C(=O)C(C(N)=O)C(=O)[C@H](N(C)C)[C@H]3C[C@H]1C2)C(C)(C)C. The summed E-state index contributed by atoms with van der Waals surface area (Å²) in [4.78, 5) is 70.3. The number of primary amides is 1. The van der Waals surface area contributed by atoms with E-state index in [1.165, 1.54) is 4.90 Å². The average Bonchev–Trinajstić information content (AvgIpc) is 2.84. The monoisotopic (exact) mass is 570 g/mol. The number of hydrogen-bond donors (Lipinski definition) is 4. The van der Waals surface area contributed by atoms with Crippen molar-refractivity contribution in [1.29, 1.82) is 0 Å². The summed E-state index contributed by atoms with van der Waals surface area (Å²) in [6.45, 7) is 8.56. The number of fused-ring (bicyclic) bond motifs is 3. The number of phenolic OH excluding ortho intramolecular Hbond substituents is 1. The molecule has 3 aliphatic rings. The molecule has 1 aromatic rings. The number of aliphatic hydroxyl groups is 1. The molecule has 3 aliphatic carbocycles. The molecular formula is C30H42N4O7. The maximum absolute atomic E-state index is 14.1. The van der Waals surface area contributed by atoms with Gasteiger partial charge in [0.25, 0.3) is 0 Å². The number of likely N-dealkylation sites (N-methyl/N-ethyl adjacent to an activating group) is 1. The van der Waals surface area contributed by atoms with Crippen molar-refractivity contribution < 1.29 is 34.2 Å². The normalized spacial score (nSPS) is 30.5. The van der Waals surface area contributed by atoms with Crippen LogP contribution in [0.25, 0.3) is 0 Å². The van der Waals surface area contributed by atoms with Gasteiger partial charge in [-0.15, -0.1) is 0 Å². The Morgan fingerprint density at radius 3 is 2.27 bits per heavy atom. The van der Waals surface area contributed by atoms with E-state index in [1.54, 1.807) is 14.1 Å². The van der Waals surface area contributed by atoms with Crippen LogP contribution in [0.3, 0.4) is 0 Å². The predicted octanol–water partition coefficient (Wildman–Crippen LogP) is 0.457. The number of nitrogens with one attached hydrogen (secondary N) is 1. The molecule has 0 spiro atoms. The van der Waals surface area contributed by atoms with Gasteiger partial charge in [-0.2, -0.15) is 0 Å². The molecule has 3 unspecified atom stereocenters. The number of nitrogens with two attached hydrogens (primary N) is 1. The lowest BCUT2D eigenvalue weighted by atomic mass is 9.52. The second-order valence-electron chi connectivity index (χ2n) is 13.4. The van der Waals surface area contributed by atoms with Gasteiger partial charge in [-0.05, 0) is 56.8 Å². The number of anilines is 1. The minimum Gasteiger partial charge on any atom is -0.507 e. The number of benzene rings is 1. The highest BCUT2D eigenvalue weighted by atomic mass is 16.3. The number of phenols is 1. The zero-order valence-electron chi connectivity index (χ0n) is 25.1. The Balaban J connectivity index is 1.83. The first kappa shape index (κ1) is 30.8. The van der Waals surface area contributed by atoms with E-state index in [0.717, 1.165) is 0 Å². The Labute approximate surface area is 240 Å². The summed E-state index contributed by atoms with van der Waals surface area (Å²) in [5.74, 6) is -10.4. The summed E-state index contributed by atoms with van der Waals surface area (Å²) in [5, 5.41) is 26.5. The minimum atomic E-state index is -2.74. The number of amides is 1. The maximum atomic E-state index is 14.1. The third-order valence-electron chi connectivity index (χ3n) is 9.50. The van der Waals surface area contributed by atoms with Crippen molar-refractivity contribution in [3.8, 4) is 5.75 Å². The maximum Gasteiger partial charge on any atom is 0.235 e. The molecule has 0 heterocycles. The van der Waals surface area contributed by atoms with Gasteiger partial charge < -0.3 is 26.2 Å². The summed E-state index contributed by atoms with van der Waals surface area (Å²) in [7, 11) is 6.78. The number of aromatic hydroxyl groups is 1. The van der Waals surface area contributed by atoms with Crippen LogP contribution in [0.2, 0.25) is 0 Å². The fourth-order valence-electron chi connectivity index (χ4n) is 6.81. The van der Waals surface area contributed by atoms with Crippen molar-refractivity contribution in [2.45, 2.75) is 64.8 Å². The van der Waals surface area contributed by atoms with E-state index >= 15 is 0 Å². The summed E-state index contributed by atoms with van der Waals surface area (Å²) < 4.78 is 0. The molecular weight excluding hydrogens is 528 g/mol. The Morgan fingerprint density at radius 1 is 1.15 bits per heavy atom. The number of rotatable bonds is 6. The van der Waals surface area contributed by atoms with Gasteiger partial charge in [0.1, 0.15) is 5.75 Å². The van der Waals surface area contributed by atoms with Gasteiger partial charge in [0, 0.05) is 43.9 Å². The number of hydrogen-bond acceptors (Lipinski definition) is 10. The highest BCUT2D eigenvalue weighted by Crippen LogP contribution is 2.52. The lowest BCUT2D eigenvalue weighted by Gasteiger charge is -2.52. The van der Waals surface area contributed by atoms with E-state index in [2.05, 4.69) is 26.1 Å². The van der Waals surface area contributed by atoms with E-state index in [4.69, 9.17) is 5.73 Å². The highest BCUT2D eigenvalue weighted by molar-refractivity contribution is 6.32. The summed E-state index contributed by atoms with van der Waals surface area (Å²) >= 11 is 0. The number of ketones is 4. The quantitative estimate of drug-likeness (QED) is 0.352. The van der Waals surface area contributed by atoms with Crippen LogP contribution in [-0.4, -0.2) is 90.0 Å². The molecule has 224 valence electrons. The Bertz CT molecular complexity index is 1330. The third kappa shape index (κ3) is 4.67. The standard InChI is InChI=1S/C30H42N4O7/c1-13(29(2,3)4)32-12-15-11-18(33(5)6)16-9-14-10-17-22(34(7)8)25(37)21(28(31)40)27(39)30(17,41)26(38)19(14)24(36)20(16)23(15)35/h11,13-14,17,19,21-22,32,35,41H,9-10,12H2,1-8H3,(H2,31,40)/t13?,14-,17-,19?,21?,22-,30-/m1/s1. The van der Waals surface area contributed by atoms with Crippen molar-refractivity contribution in [2.75, 3.05) is 33.1 Å². The van der Waals surface area contributed by atoms with Crippen molar-refractivity contribution in [3.05, 3.63) is 22.8 Å². The molecule has 2 fully saturated rings. The van der Waals surface area contributed by atoms with Gasteiger partial charge in [0.05, 0.1) is 17.5 Å². The van der Waals surface area contributed by atoms with Gasteiger partial charge in [-0.25, -0.2) is 0 Å². The molecule has 11 nitrogen and oxygen atoms in total. The molecule has 1 amide bonds. The fraction of sp³-hybridized carbons (Fsp3) is 0.633. The van der Waals surface area contributed by atoms with Crippen LogP contribution in [0.1, 0.15) is 55.6 Å². The average molecular weight is 571 g/mol. The van der Waals surface area contributed by atoms with E-state index < -0.39 is 64.4 Å². The van der Waals surface area contributed by atoms with Crippen LogP contribution in [0.4, 0.5) is 5.69 Å². The molecule has 0 aromatic heterocycles. The van der Waals surface area contributed by atoms with Crippen LogP contribution < -0.4 is 16.0 Å². The van der Waals surface area contributed by atoms with Gasteiger partial charge >= 0.3 is 0 Å². The first-order chi connectivity index (χ1) is 18.8. The van der Waals surface area contributed by atoms with E-state index in [0.29, 0.717) is 16.8 Å². The second-order valence-corrected chi connectivity index (χ2v) is 13.4. The molecule has 7 atom stereocenters. The summed E-state index contributed by atoms with van der Waals surface area (Å²) in [6, 6.07) is 0.783. The lowest BCUT2D eigenvalue weighted by Crippen LogP contribution is -2.74.